The molecule has 104 valence electrons. The lowest BCUT2D eigenvalue weighted by molar-refractivity contribution is 0.471. The third kappa shape index (κ3) is 3.85. The molecule has 19 heavy (non-hydrogen) atoms. The second kappa shape index (κ2) is 6.13. The predicted octanol–water partition coefficient (Wildman–Crippen LogP) is 3.27. The van der Waals surface area contributed by atoms with Gasteiger partial charge in [0, 0.05) is 11.6 Å². The zero-order chi connectivity index (χ0) is 13.9. The minimum atomic E-state index is -3.45. The van der Waals surface area contributed by atoms with E-state index in [4.69, 9.17) is 0 Å². The number of rotatable bonds is 6. The Morgan fingerprint density at radius 1 is 1.32 bits per heavy atom. The van der Waals surface area contributed by atoms with Gasteiger partial charge in [0.1, 0.15) is 9.22 Å². The van der Waals surface area contributed by atoms with Gasteiger partial charge in [0.05, 0.1) is 6.04 Å². The summed E-state index contributed by atoms with van der Waals surface area (Å²) >= 11 is 2.70. The highest BCUT2D eigenvalue weighted by Crippen LogP contribution is 2.26. The number of sulfonamides is 1. The largest absolute Gasteiger partial charge is 0.250 e. The lowest BCUT2D eigenvalue weighted by Crippen LogP contribution is -2.29. The molecule has 0 saturated heterocycles. The smallest absolute Gasteiger partial charge is 0.248 e. The highest BCUT2D eigenvalue weighted by atomic mass is 32.2. The van der Waals surface area contributed by atoms with Crippen LogP contribution in [-0.4, -0.2) is 13.4 Å². The number of hydrogen-bond donors (Lipinski definition) is 1. The molecular weight excluding hydrogens is 300 g/mol. The van der Waals surface area contributed by atoms with Gasteiger partial charge in [-0.05, 0) is 23.8 Å². The van der Waals surface area contributed by atoms with Gasteiger partial charge >= 0.3 is 0 Å². The maximum atomic E-state index is 12.3. The fourth-order valence-electron chi connectivity index (χ4n) is 1.74. The SMILES string of the molecule is CC(C)CC(NS(=O)(=O)c1cccs1)c1nccs1. The van der Waals surface area contributed by atoms with Gasteiger partial charge in [0.2, 0.25) is 0 Å². The van der Waals surface area contributed by atoms with Crippen LogP contribution in [0.4, 0.5) is 0 Å². The molecule has 1 N–H and O–H groups in total. The van der Waals surface area contributed by atoms with Crippen LogP contribution in [0.3, 0.4) is 0 Å². The molecule has 2 aromatic heterocycles. The Kier molecular flexibility index (Phi) is 4.72. The van der Waals surface area contributed by atoms with Gasteiger partial charge in [-0.15, -0.1) is 22.7 Å². The zero-order valence-corrected chi connectivity index (χ0v) is 13.2. The van der Waals surface area contributed by atoms with Gasteiger partial charge in [-0.1, -0.05) is 19.9 Å². The van der Waals surface area contributed by atoms with Gasteiger partial charge in [-0.3, -0.25) is 0 Å². The summed E-state index contributed by atoms with van der Waals surface area (Å²) in [4.78, 5) is 4.23. The Balaban J connectivity index is 2.21. The molecule has 0 fully saturated rings. The van der Waals surface area contributed by atoms with E-state index in [0.29, 0.717) is 10.1 Å². The van der Waals surface area contributed by atoms with E-state index >= 15 is 0 Å². The van der Waals surface area contributed by atoms with Crippen LogP contribution in [0.2, 0.25) is 0 Å². The third-order valence-corrected chi connectivity index (χ3v) is 6.27. The van der Waals surface area contributed by atoms with E-state index in [1.165, 1.54) is 22.7 Å². The molecule has 0 aliphatic carbocycles. The van der Waals surface area contributed by atoms with E-state index < -0.39 is 10.0 Å². The molecule has 0 saturated carbocycles. The van der Waals surface area contributed by atoms with Crippen molar-refractivity contribution in [3.05, 3.63) is 34.1 Å². The number of thiophene rings is 1. The van der Waals surface area contributed by atoms with Crippen molar-refractivity contribution in [2.75, 3.05) is 0 Å². The Hall–Kier alpha value is -0.760. The van der Waals surface area contributed by atoms with E-state index in [9.17, 15) is 8.42 Å². The Bertz CT molecular complexity index is 589. The average Bonchev–Trinajstić information content (AvgIpc) is 3.01. The molecule has 1 unspecified atom stereocenters. The summed E-state index contributed by atoms with van der Waals surface area (Å²) in [6, 6.07) is 3.09. The molecule has 0 aliphatic heterocycles. The van der Waals surface area contributed by atoms with Crippen molar-refractivity contribution in [3.63, 3.8) is 0 Å². The molecule has 2 aromatic rings. The van der Waals surface area contributed by atoms with E-state index in [2.05, 4.69) is 23.6 Å². The summed E-state index contributed by atoms with van der Waals surface area (Å²) in [5.74, 6) is 0.389. The number of aromatic nitrogens is 1. The summed E-state index contributed by atoms with van der Waals surface area (Å²) in [6.07, 6.45) is 2.44. The zero-order valence-electron chi connectivity index (χ0n) is 10.7. The van der Waals surface area contributed by atoms with Crippen LogP contribution >= 0.6 is 22.7 Å². The summed E-state index contributed by atoms with van der Waals surface area (Å²) in [6.45, 7) is 4.14. The van der Waals surface area contributed by atoms with Gasteiger partial charge in [-0.25, -0.2) is 18.1 Å². The average molecular weight is 316 g/mol. The predicted molar refractivity (Wildman–Crippen MR) is 79.0 cm³/mol. The first kappa shape index (κ1) is 14.6. The van der Waals surface area contributed by atoms with Crippen molar-refractivity contribution < 1.29 is 8.42 Å². The molecule has 7 heteroatoms. The minimum absolute atomic E-state index is 0.257. The highest BCUT2D eigenvalue weighted by molar-refractivity contribution is 7.91. The third-order valence-electron chi connectivity index (χ3n) is 2.51. The van der Waals surface area contributed by atoms with E-state index in [-0.39, 0.29) is 6.04 Å². The lowest BCUT2D eigenvalue weighted by Gasteiger charge is -2.18. The van der Waals surface area contributed by atoms with Crippen LogP contribution in [0.5, 0.6) is 0 Å². The van der Waals surface area contributed by atoms with Crippen molar-refractivity contribution >= 4 is 32.7 Å². The summed E-state index contributed by atoms with van der Waals surface area (Å²) in [5.41, 5.74) is 0. The molecule has 2 heterocycles. The monoisotopic (exact) mass is 316 g/mol. The van der Waals surface area contributed by atoms with Crippen molar-refractivity contribution in [1.82, 2.24) is 9.71 Å². The van der Waals surface area contributed by atoms with Gasteiger partial charge in [0.15, 0.2) is 0 Å². The molecular formula is C12H16N2O2S3. The van der Waals surface area contributed by atoms with E-state index in [1.807, 2.05) is 5.38 Å². The Morgan fingerprint density at radius 3 is 2.63 bits per heavy atom. The van der Waals surface area contributed by atoms with Crippen molar-refractivity contribution in [1.29, 1.82) is 0 Å². The van der Waals surface area contributed by atoms with Crippen molar-refractivity contribution in [2.24, 2.45) is 5.92 Å². The van der Waals surface area contributed by atoms with Crippen LogP contribution in [0.15, 0.2) is 33.3 Å². The Labute approximate surface area is 121 Å². The minimum Gasteiger partial charge on any atom is -0.248 e. The maximum absolute atomic E-state index is 12.3. The molecule has 1 atom stereocenters. The fourth-order valence-corrected chi connectivity index (χ4v) is 4.74. The van der Waals surface area contributed by atoms with Gasteiger partial charge in [0.25, 0.3) is 10.0 Å². The topological polar surface area (TPSA) is 59.1 Å². The number of thiazole rings is 1. The number of nitrogens with one attached hydrogen (secondary N) is 1. The van der Waals surface area contributed by atoms with Crippen LogP contribution in [0, 0.1) is 5.92 Å². The second-order valence-corrected chi connectivity index (χ2v) is 8.42. The number of hydrogen-bond acceptors (Lipinski definition) is 5. The fraction of sp³-hybridized carbons (Fsp3) is 0.417. The Morgan fingerprint density at radius 2 is 2.11 bits per heavy atom. The van der Waals surface area contributed by atoms with E-state index in [1.54, 1.807) is 23.7 Å². The molecule has 0 amide bonds. The number of nitrogens with zero attached hydrogens (tertiary/aromatic N) is 1. The first-order valence-corrected chi connectivity index (χ1v) is 9.18. The molecule has 0 aliphatic rings. The standard InChI is InChI=1S/C12H16N2O2S3/c1-9(2)8-10(12-13-5-7-18-12)14-19(15,16)11-4-3-6-17-11/h3-7,9-10,14H,8H2,1-2H3. The highest BCUT2D eigenvalue weighted by Gasteiger charge is 2.24. The summed E-state index contributed by atoms with van der Waals surface area (Å²) in [7, 11) is -3.45. The molecule has 0 radical (unpaired) electrons. The first-order chi connectivity index (χ1) is 8.99. The first-order valence-electron chi connectivity index (χ1n) is 5.94. The van der Waals surface area contributed by atoms with Crippen LogP contribution in [0.1, 0.15) is 31.3 Å². The second-order valence-electron chi connectivity index (χ2n) is 4.61. The maximum Gasteiger partial charge on any atom is 0.250 e. The summed E-state index contributed by atoms with van der Waals surface area (Å²) < 4.78 is 27.6. The van der Waals surface area contributed by atoms with Crippen molar-refractivity contribution in [3.8, 4) is 0 Å². The summed E-state index contributed by atoms with van der Waals surface area (Å²) in [5, 5.41) is 4.44. The van der Waals surface area contributed by atoms with Crippen LogP contribution in [0.25, 0.3) is 0 Å². The molecule has 2 rings (SSSR count). The van der Waals surface area contributed by atoms with Crippen LogP contribution in [-0.2, 0) is 10.0 Å². The van der Waals surface area contributed by atoms with E-state index in [0.717, 1.165) is 11.4 Å². The van der Waals surface area contributed by atoms with Crippen molar-refractivity contribution in [2.45, 2.75) is 30.5 Å². The molecule has 4 nitrogen and oxygen atoms in total. The van der Waals surface area contributed by atoms with Crippen LogP contribution < -0.4 is 4.72 Å². The van der Waals surface area contributed by atoms with Gasteiger partial charge < -0.3 is 0 Å². The molecule has 0 spiro atoms. The quantitative estimate of drug-likeness (QED) is 0.890. The molecule has 0 aromatic carbocycles. The molecule has 0 bridgehead atoms. The lowest BCUT2D eigenvalue weighted by atomic mass is 10.1. The van der Waals surface area contributed by atoms with Gasteiger partial charge in [-0.2, -0.15) is 0 Å². The normalized spacial score (nSPS) is 13.8.